The smallest absolute Gasteiger partial charge is 0.246 e. The van der Waals surface area contributed by atoms with Crippen LogP contribution >= 0.6 is 46.4 Å². The summed E-state index contributed by atoms with van der Waals surface area (Å²) in [5, 5.41) is 3.13. The van der Waals surface area contributed by atoms with Gasteiger partial charge in [-0.25, -0.2) is 0 Å². The third-order valence-electron chi connectivity index (χ3n) is 2.41. The first-order valence-corrected chi connectivity index (χ1v) is 7.62. The summed E-state index contributed by atoms with van der Waals surface area (Å²) < 4.78 is 3.72. The Morgan fingerprint density at radius 1 is 1.30 bits per heavy atom. The van der Waals surface area contributed by atoms with Crippen LogP contribution in [-0.2, 0) is 4.79 Å². The van der Waals surface area contributed by atoms with Gasteiger partial charge in [0.2, 0.25) is 15.9 Å². The van der Waals surface area contributed by atoms with E-state index in [-0.39, 0.29) is 5.91 Å². The minimum absolute atomic E-state index is 0.225. The number of ether oxygens (including phenoxy) is 1. The van der Waals surface area contributed by atoms with Gasteiger partial charge in [-0.05, 0) is 30.7 Å². The van der Waals surface area contributed by atoms with Crippen LogP contribution in [0.4, 0.5) is 0 Å². The van der Waals surface area contributed by atoms with Gasteiger partial charge in [0.15, 0.2) is 0 Å². The number of rotatable bonds is 6. The summed E-state index contributed by atoms with van der Waals surface area (Å²) in [4.78, 5) is 11.7. The van der Waals surface area contributed by atoms with Crippen LogP contribution < -0.4 is 10.1 Å². The highest BCUT2D eigenvalue weighted by Gasteiger charge is 2.36. The van der Waals surface area contributed by atoms with Crippen molar-refractivity contribution in [1.82, 2.24) is 5.32 Å². The van der Waals surface area contributed by atoms with Crippen molar-refractivity contribution < 1.29 is 9.53 Å². The van der Waals surface area contributed by atoms with Crippen molar-refractivity contribution in [2.24, 2.45) is 0 Å². The second kappa shape index (κ2) is 8.18. The molecule has 1 aromatic rings. The maximum absolute atomic E-state index is 11.7. The summed E-state index contributed by atoms with van der Waals surface area (Å²) in [6.07, 6.45) is 0.957. The van der Waals surface area contributed by atoms with Crippen molar-refractivity contribution in [2.75, 3.05) is 0 Å². The Kier molecular flexibility index (Phi) is 7.24. The van der Waals surface area contributed by atoms with Crippen LogP contribution in [0, 0.1) is 0 Å². The van der Waals surface area contributed by atoms with E-state index in [2.05, 4.69) is 5.32 Å². The average molecular weight is 359 g/mol. The van der Waals surface area contributed by atoms with Crippen LogP contribution in [-0.4, -0.2) is 15.9 Å². The molecule has 1 atom stereocenters. The predicted molar refractivity (Wildman–Crippen MR) is 83.8 cm³/mol. The maximum atomic E-state index is 11.7. The Labute approximate surface area is 138 Å². The molecular weight excluding hydrogens is 344 g/mol. The van der Waals surface area contributed by atoms with E-state index >= 15 is 0 Å². The topological polar surface area (TPSA) is 38.3 Å². The average Bonchev–Trinajstić information content (AvgIpc) is 2.37. The summed E-state index contributed by atoms with van der Waals surface area (Å²) in [5.41, 5.74) is 0. The van der Waals surface area contributed by atoms with E-state index in [1.54, 1.807) is 24.3 Å². The molecule has 0 unspecified atom stereocenters. The monoisotopic (exact) mass is 357 g/mol. The molecule has 0 radical (unpaired) electrons. The molecule has 20 heavy (non-hydrogen) atoms. The molecule has 7 heteroatoms. The molecule has 1 amide bonds. The van der Waals surface area contributed by atoms with Crippen LogP contribution in [0.25, 0.3) is 0 Å². The molecule has 0 aromatic heterocycles. The highest BCUT2D eigenvalue weighted by atomic mass is 35.6. The molecule has 0 aliphatic heterocycles. The van der Waals surface area contributed by atoms with Gasteiger partial charge in [-0.2, -0.15) is 0 Å². The van der Waals surface area contributed by atoms with Gasteiger partial charge < -0.3 is 10.1 Å². The van der Waals surface area contributed by atoms with Crippen molar-refractivity contribution >= 4 is 52.3 Å². The van der Waals surface area contributed by atoms with Crippen molar-refractivity contribution in [3.05, 3.63) is 29.3 Å². The number of carbonyl (C=O) groups is 1. The number of amides is 1. The maximum Gasteiger partial charge on any atom is 0.246 e. The van der Waals surface area contributed by atoms with Gasteiger partial charge in [-0.3, -0.25) is 4.79 Å². The van der Waals surface area contributed by atoms with Crippen molar-refractivity contribution in [3.63, 3.8) is 0 Å². The number of nitrogens with one attached hydrogen (secondary N) is 1. The van der Waals surface area contributed by atoms with E-state index in [1.807, 2.05) is 6.92 Å². The lowest BCUT2D eigenvalue weighted by molar-refractivity contribution is -0.123. The quantitative estimate of drug-likeness (QED) is 0.590. The highest BCUT2D eigenvalue weighted by molar-refractivity contribution is 6.68. The Hall–Kier alpha value is -0.350. The molecule has 1 N–H and O–H groups in total. The van der Waals surface area contributed by atoms with Gasteiger partial charge in [0.05, 0.1) is 0 Å². The molecule has 3 nitrogen and oxygen atoms in total. The molecule has 1 aromatic carbocycles. The molecule has 0 aliphatic carbocycles. The van der Waals surface area contributed by atoms with E-state index in [0.29, 0.717) is 17.2 Å². The highest BCUT2D eigenvalue weighted by Crippen LogP contribution is 2.32. The predicted octanol–water partition coefficient (Wildman–Crippen LogP) is 4.72. The van der Waals surface area contributed by atoms with Gasteiger partial charge in [0.1, 0.15) is 5.75 Å². The second-order valence-electron chi connectivity index (χ2n) is 4.16. The van der Waals surface area contributed by atoms with E-state index in [0.717, 1.165) is 12.8 Å². The van der Waals surface area contributed by atoms with Crippen molar-refractivity contribution in [2.45, 2.75) is 36.2 Å². The molecule has 0 fully saturated rings. The molecule has 112 valence electrons. The van der Waals surface area contributed by atoms with Gasteiger partial charge in [-0.1, -0.05) is 59.7 Å². The van der Waals surface area contributed by atoms with E-state index < -0.39 is 10.0 Å². The Morgan fingerprint density at radius 2 is 1.90 bits per heavy atom. The zero-order valence-electron chi connectivity index (χ0n) is 10.8. The molecule has 0 saturated carbocycles. The molecule has 0 aliphatic rings. The number of halogens is 4. The van der Waals surface area contributed by atoms with E-state index in [9.17, 15) is 4.79 Å². The summed E-state index contributed by atoms with van der Waals surface area (Å²) in [5.74, 6) is 0.221. The van der Waals surface area contributed by atoms with Crippen molar-refractivity contribution in [3.8, 4) is 5.75 Å². The zero-order valence-corrected chi connectivity index (χ0v) is 13.9. The minimum atomic E-state index is -1.78. The minimum Gasteiger partial charge on any atom is -0.466 e. The zero-order chi connectivity index (χ0) is 15.2. The first-order valence-electron chi connectivity index (χ1n) is 6.11. The largest absolute Gasteiger partial charge is 0.466 e. The Morgan fingerprint density at radius 3 is 2.40 bits per heavy atom. The standard InChI is InChI=1S/C13H15Cl4NO2/c1-2-3-4-11(19)18-12(13(15,16)17)20-10-7-5-9(14)6-8-10/h5-8,12H,2-4H2,1H3,(H,18,19)/t12-/m0/s1. The fourth-order valence-corrected chi connectivity index (χ4v) is 1.81. The van der Waals surface area contributed by atoms with E-state index in [4.69, 9.17) is 51.1 Å². The van der Waals surface area contributed by atoms with Crippen LogP contribution in [0.5, 0.6) is 5.75 Å². The number of unbranched alkanes of at least 4 members (excludes halogenated alkanes) is 1. The van der Waals surface area contributed by atoms with Gasteiger partial charge in [0, 0.05) is 11.4 Å². The molecular formula is C13H15Cl4NO2. The number of benzene rings is 1. The van der Waals surface area contributed by atoms with Gasteiger partial charge in [-0.15, -0.1) is 0 Å². The summed E-state index contributed by atoms with van der Waals surface area (Å²) in [6, 6.07) is 6.55. The summed E-state index contributed by atoms with van der Waals surface area (Å²) >= 11 is 23.2. The second-order valence-corrected chi connectivity index (χ2v) is 6.97. The number of hydrogen-bond acceptors (Lipinski definition) is 2. The number of carbonyl (C=O) groups excluding carboxylic acids is 1. The molecule has 0 bridgehead atoms. The van der Waals surface area contributed by atoms with Crippen LogP contribution in [0.3, 0.4) is 0 Å². The summed E-state index contributed by atoms with van der Waals surface area (Å²) in [7, 11) is 0. The fraction of sp³-hybridized carbons (Fsp3) is 0.462. The third kappa shape index (κ3) is 6.40. The normalized spacial score (nSPS) is 12.8. The third-order valence-corrected chi connectivity index (χ3v) is 3.26. The first-order chi connectivity index (χ1) is 9.32. The Bertz CT molecular complexity index is 431. The molecule has 1 rings (SSSR count). The van der Waals surface area contributed by atoms with Crippen LogP contribution in [0.1, 0.15) is 26.2 Å². The lowest BCUT2D eigenvalue weighted by Gasteiger charge is -2.26. The number of alkyl halides is 3. The van der Waals surface area contributed by atoms with Gasteiger partial charge >= 0.3 is 0 Å². The SMILES string of the molecule is CCCCC(=O)N[C@@H](Oc1ccc(Cl)cc1)C(Cl)(Cl)Cl. The lowest BCUT2D eigenvalue weighted by atomic mass is 10.2. The van der Waals surface area contributed by atoms with Crippen LogP contribution in [0.2, 0.25) is 5.02 Å². The lowest BCUT2D eigenvalue weighted by Crippen LogP contribution is -2.47. The summed E-state index contributed by atoms with van der Waals surface area (Å²) in [6.45, 7) is 1.99. The number of hydrogen-bond donors (Lipinski definition) is 1. The van der Waals surface area contributed by atoms with Crippen molar-refractivity contribution in [1.29, 1.82) is 0 Å². The van der Waals surface area contributed by atoms with Crippen LogP contribution in [0.15, 0.2) is 24.3 Å². The fourth-order valence-electron chi connectivity index (χ4n) is 1.38. The molecule has 0 spiro atoms. The van der Waals surface area contributed by atoms with Gasteiger partial charge in [0.25, 0.3) is 0 Å². The molecule has 0 saturated heterocycles. The first kappa shape index (κ1) is 17.7. The Balaban J connectivity index is 2.70. The van der Waals surface area contributed by atoms with E-state index in [1.165, 1.54) is 0 Å². The molecule has 0 heterocycles.